The molecule has 0 aliphatic rings. The highest BCUT2D eigenvalue weighted by Gasteiger charge is 2.21. The molecule has 6 heteroatoms. The maximum atomic E-state index is 12.6. The lowest BCUT2D eigenvalue weighted by molar-refractivity contribution is 0.101. The fourth-order valence-corrected chi connectivity index (χ4v) is 3.40. The number of sulfonamides is 1. The fraction of sp³-hybridized carbons (Fsp3) is 0.278. The summed E-state index contributed by atoms with van der Waals surface area (Å²) in [5.74, 6) is 0.660. The molecule has 2 aromatic rings. The Labute approximate surface area is 142 Å². The Bertz CT molecular complexity index is 796. The van der Waals surface area contributed by atoms with Crippen molar-refractivity contribution < 1.29 is 17.9 Å². The quantitative estimate of drug-likeness (QED) is 0.722. The number of ether oxygens (including phenoxy) is 1. The minimum Gasteiger partial charge on any atom is -0.494 e. The molecule has 2 rings (SSSR count). The van der Waals surface area contributed by atoms with Gasteiger partial charge in [-0.05, 0) is 43.7 Å². The van der Waals surface area contributed by atoms with Crippen LogP contribution in [0, 0.1) is 0 Å². The number of carbonyl (C=O) groups is 1. The van der Waals surface area contributed by atoms with E-state index < -0.39 is 10.0 Å². The van der Waals surface area contributed by atoms with Gasteiger partial charge < -0.3 is 4.74 Å². The molecule has 5 nitrogen and oxygen atoms in total. The molecule has 0 aliphatic carbocycles. The third kappa shape index (κ3) is 4.21. The first-order valence-corrected chi connectivity index (χ1v) is 9.07. The van der Waals surface area contributed by atoms with Crippen LogP contribution in [0.1, 0.15) is 29.8 Å². The third-order valence-corrected chi connectivity index (χ3v) is 5.43. The number of Topliss-reactive ketones (excluding diaryl/α,β-unsaturated/α-hetero) is 1. The molecule has 0 N–H and O–H groups in total. The van der Waals surface area contributed by atoms with Gasteiger partial charge in [0.15, 0.2) is 5.78 Å². The Morgan fingerprint density at radius 1 is 1.04 bits per heavy atom. The van der Waals surface area contributed by atoms with Crippen molar-refractivity contribution >= 4 is 15.8 Å². The highest BCUT2D eigenvalue weighted by molar-refractivity contribution is 7.89. The minimum atomic E-state index is -3.61. The van der Waals surface area contributed by atoms with Crippen LogP contribution in [0.2, 0.25) is 0 Å². The zero-order valence-corrected chi connectivity index (χ0v) is 14.8. The minimum absolute atomic E-state index is 0.0957. The molecule has 0 unspecified atom stereocenters. The van der Waals surface area contributed by atoms with Crippen LogP contribution in [0.25, 0.3) is 0 Å². The second kappa shape index (κ2) is 7.59. The highest BCUT2D eigenvalue weighted by atomic mass is 32.2. The number of carbonyl (C=O) groups excluding carboxylic acids is 1. The van der Waals surface area contributed by atoms with Crippen LogP contribution in [0.4, 0.5) is 0 Å². The van der Waals surface area contributed by atoms with E-state index in [1.54, 1.807) is 0 Å². The normalized spacial score (nSPS) is 11.5. The topological polar surface area (TPSA) is 63.7 Å². The van der Waals surface area contributed by atoms with Gasteiger partial charge in [-0.2, -0.15) is 4.31 Å². The maximum Gasteiger partial charge on any atom is 0.243 e. The molecule has 0 amide bonds. The van der Waals surface area contributed by atoms with Crippen LogP contribution in [0.3, 0.4) is 0 Å². The fourth-order valence-electron chi connectivity index (χ4n) is 2.24. The van der Waals surface area contributed by atoms with E-state index in [-0.39, 0.29) is 17.2 Å². The third-order valence-electron chi connectivity index (χ3n) is 3.61. The molecular formula is C18H21NO4S. The number of rotatable bonds is 7. The van der Waals surface area contributed by atoms with Gasteiger partial charge in [0.2, 0.25) is 10.0 Å². The van der Waals surface area contributed by atoms with Gasteiger partial charge in [0, 0.05) is 19.2 Å². The van der Waals surface area contributed by atoms with Gasteiger partial charge in [0.25, 0.3) is 0 Å². The first-order valence-electron chi connectivity index (χ1n) is 7.63. The second-order valence-electron chi connectivity index (χ2n) is 5.42. The number of benzene rings is 2. The standard InChI is InChI=1S/C18H21NO4S/c1-4-23-17-9-5-15(6-10-17)13-19(3)24(21,22)18-11-7-16(8-12-18)14(2)20/h5-12H,4,13H2,1-3H3. The van der Waals surface area contributed by atoms with Crippen molar-refractivity contribution in [3.63, 3.8) is 0 Å². The van der Waals surface area contributed by atoms with Gasteiger partial charge in [-0.3, -0.25) is 4.79 Å². The largest absolute Gasteiger partial charge is 0.494 e. The zero-order valence-electron chi connectivity index (χ0n) is 14.0. The van der Waals surface area contributed by atoms with E-state index in [2.05, 4.69) is 0 Å². The SMILES string of the molecule is CCOc1ccc(CN(C)S(=O)(=O)c2ccc(C(C)=O)cc2)cc1. The summed E-state index contributed by atoms with van der Waals surface area (Å²) < 4.78 is 31.9. The monoisotopic (exact) mass is 347 g/mol. The summed E-state index contributed by atoms with van der Waals surface area (Å²) in [5, 5.41) is 0. The van der Waals surface area contributed by atoms with Gasteiger partial charge in [-0.1, -0.05) is 24.3 Å². The van der Waals surface area contributed by atoms with Crippen LogP contribution in [-0.4, -0.2) is 32.2 Å². The molecule has 0 fully saturated rings. The predicted octanol–water partition coefficient (Wildman–Crippen LogP) is 3.11. The molecule has 0 saturated carbocycles. The Morgan fingerprint density at radius 2 is 1.62 bits per heavy atom. The van der Waals surface area contributed by atoms with Crippen LogP contribution in [-0.2, 0) is 16.6 Å². The summed E-state index contributed by atoms with van der Waals surface area (Å²) >= 11 is 0. The van der Waals surface area contributed by atoms with Crippen molar-refractivity contribution in [3.8, 4) is 5.75 Å². The Morgan fingerprint density at radius 3 is 2.12 bits per heavy atom. The number of hydrogen-bond donors (Lipinski definition) is 0. The highest BCUT2D eigenvalue weighted by Crippen LogP contribution is 2.19. The lowest BCUT2D eigenvalue weighted by Gasteiger charge is -2.17. The van der Waals surface area contributed by atoms with E-state index in [1.807, 2.05) is 31.2 Å². The number of ketones is 1. The van der Waals surface area contributed by atoms with Gasteiger partial charge in [0.05, 0.1) is 11.5 Å². The summed E-state index contributed by atoms with van der Waals surface area (Å²) in [6, 6.07) is 13.3. The van der Waals surface area contributed by atoms with Crippen LogP contribution >= 0.6 is 0 Å². The molecule has 0 bridgehead atoms. The summed E-state index contributed by atoms with van der Waals surface area (Å²) in [4.78, 5) is 11.5. The van der Waals surface area contributed by atoms with Crippen molar-refractivity contribution in [3.05, 3.63) is 59.7 Å². The van der Waals surface area contributed by atoms with Gasteiger partial charge >= 0.3 is 0 Å². The van der Waals surface area contributed by atoms with E-state index in [1.165, 1.54) is 42.5 Å². The Balaban J connectivity index is 2.14. The van der Waals surface area contributed by atoms with Crippen molar-refractivity contribution in [2.24, 2.45) is 0 Å². The van der Waals surface area contributed by atoms with Crippen LogP contribution in [0.5, 0.6) is 5.75 Å². The smallest absolute Gasteiger partial charge is 0.243 e. The van der Waals surface area contributed by atoms with E-state index in [0.29, 0.717) is 12.2 Å². The zero-order chi connectivity index (χ0) is 17.7. The van der Waals surface area contributed by atoms with Crippen LogP contribution in [0.15, 0.2) is 53.4 Å². The average molecular weight is 347 g/mol. The lowest BCUT2D eigenvalue weighted by Crippen LogP contribution is -2.26. The van der Waals surface area contributed by atoms with Gasteiger partial charge in [-0.15, -0.1) is 0 Å². The summed E-state index contributed by atoms with van der Waals surface area (Å²) in [6.45, 7) is 4.19. The molecule has 0 radical (unpaired) electrons. The summed E-state index contributed by atoms with van der Waals surface area (Å²) in [7, 11) is -2.08. The molecule has 0 saturated heterocycles. The second-order valence-corrected chi connectivity index (χ2v) is 7.46. The molecule has 0 aliphatic heterocycles. The van der Waals surface area contributed by atoms with E-state index in [9.17, 15) is 13.2 Å². The first-order chi connectivity index (χ1) is 11.3. The first kappa shape index (κ1) is 18.2. The van der Waals surface area contributed by atoms with Crippen LogP contribution < -0.4 is 4.74 Å². The maximum absolute atomic E-state index is 12.6. The molecule has 0 heterocycles. The van der Waals surface area contributed by atoms with E-state index in [4.69, 9.17) is 4.74 Å². The average Bonchev–Trinajstić information content (AvgIpc) is 2.57. The molecular weight excluding hydrogens is 326 g/mol. The number of nitrogens with zero attached hydrogens (tertiary/aromatic N) is 1. The Hall–Kier alpha value is -2.18. The molecule has 128 valence electrons. The predicted molar refractivity (Wildman–Crippen MR) is 92.7 cm³/mol. The molecule has 0 aromatic heterocycles. The summed E-state index contributed by atoms with van der Waals surface area (Å²) in [6.07, 6.45) is 0. The molecule has 2 aromatic carbocycles. The Kier molecular flexibility index (Phi) is 5.75. The van der Waals surface area contributed by atoms with Gasteiger partial charge in [-0.25, -0.2) is 8.42 Å². The molecule has 24 heavy (non-hydrogen) atoms. The van der Waals surface area contributed by atoms with Crippen molar-refractivity contribution in [1.29, 1.82) is 0 Å². The van der Waals surface area contributed by atoms with E-state index in [0.717, 1.165) is 11.3 Å². The lowest BCUT2D eigenvalue weighted by atomic mass is 10.2. The van der Waals surface area contributed by atoms with Crippen molar-refractivity contribution in [2.75, 3.05) is 13.7 Å². The molecule has 0 atom stereocenters. The molecule has 0 spiro atoms. The van der Waals surface area contributed by atoms with E-state index >= 15 is 0 Å². The summed E-state index contributed by atoms with van der Waals surface area (Å²) in [5.41, 5.74) is 1.35. The van der Waals surface area contributed by atoms with Crippen molar-refractivity contribution in [1.82, 2.24) is 4.31 Å². The van der Waals surface area contributed by atoms with Crippen molar-refractivity contribution in [2.45, 2.75) is 25.3 Å². The number of hydrogen-bond acceptors (Lipinski definition) is 4. The van der Waals surface area contributed by atoms with Gasteiger partial charge in [0.1, 0.15) is 5.75 Å².